The Hall–Kier alpha value is -1.00. The molecule has 1 aliphatic rings. The van der Waals surface area contributed by atoms with E-state index in [1.54, 1.807) is 6.92 Å². The Morgan fingerprint density at radius 2 is 2.06 bits per heavy atom. The van der Waals surface area contributed by atoms with Crippen LogP contribution in [0.4, 0.5) is 8.78 Å². The molecule has 3 unspecified atom stereocenters. The third-order valence-electron chi connectivity index (χ3n) is 3.44. The van der Waals surface area contributed by atoms with Gasteiger partial charge in [0.25, 0.3) is 0 Å². The van der Waals surface area contributed by atoms with Crippen LogP contribution in [0.5, 0.6) is 0 Å². The summed E-state index contributed by atoms with van der Waals surface area (Å²) in [7, 11) is 0. The van der Waals surface area contributed by atoms with Crippen molar-refractivity contribution in [1.29, 1.82) is 0 Å². The van der Waals surface area contributed by atoms with E-state index in [0.717, 1.165) is 6.07 Å². The van der Waals surface area contributed by atoms with Gasteiger partial charge in [-0.25, -0.2) is 8.78 Å². The summed E-state index contributed by atoms with van der Waals surface area (Å²) in [5.74, 6) is -1.41. The highest BCUT2D eigenvalue weighted by Gasteiger charge is 2.33. The molecule has 94 valence electrons. The summed E-state index contributed by atoms with van der Waals surface area (Å²) < 4.78 is 32.1. The topological polar surface area (TPSA) is 29.5 Å². The van der Waals surface area contributed by atoms with E-state index in [2.05, 4.69) is 0 Å². The molecule has 1 aliphatic heterocycles. The van der Waals surface area contributed by atoms with Crippen LogP contribution in [0.3, 0.4) is 0 Å². The summed E-state index contributed by atoms with van der Waals surface area (Å²) in [5.41, 5.74) is 0.498. The number of hydrogen-bond acceptors (Lipinski definition) is 2. The molecule has 0 radical (unpaired) electrons. The number of rotatable bonds is 2. The number of aliphatic hydroxyl groups excluding tert-OH is 1. The first-order chi connectivity index (χ1) is 8.00. The normalized spacial score (nSPS) is 26.2. The predicted octanol–water partition coefficient (Wildman–Crippen LogP) is 2.73. The van der Waals surface area contributed by atoms with E-state index >= 15 is 0 Å². The van der Waals surface area contributed by atoms with E-state index < -0.39 is 17.7 Å². The Morgan fingerprint density at radius 1 is 1.35 bits per heavy atom. The van der Waals surface area contributed by atoms with Gasteiger partial charge in [-0.15, -0.1) is 0 Å². The first-order valence-electron chi connectivity index (χ1n) is 5.76. The monoisotopic (exact) mass is 242 g/mol. The average Bonchev–Trinajstić information content (AvgIpc) is 2.69. The van der Waals surface area contributed by atoms with E-state index in [-0.39, 0.29) is 17.6 Å². The largest absolute Gasteiger partial charge is 0.388 e. The van der Waals surface area contributed by atoms with Crippen molar-refractivity contribution in [2.45, 2.75) is 32.5 Å². The van der Waals surface area contributed by atoms with Crippen molar-refractivity contribution in [2.24, 2.45) is 5.92 Å². The van der Waals surface area contributed by atoms with Crippen molar-refractivity contribution in [3.63, 3.8) is 0 Å². The third-order valence-corrected chi connectivity index (χ3v) is 3.44. The first-order valence-corrected chi connectivity index (χ1v) is 5.76. The van der Waals surface area contributed by atoms with Crippen LogP contribution in [0.15, 0.2) is 12.1 Å². The van der Waals surface area contributed by atoms with E-state index in [1.165, 1.54) is 6.07 Å². The molecule has 1 fully saturated rings. The molecule has 0 aromatic heterocycles. The second-order valence-electron chi connectivity index (χ2n) is 4.60. The molecular weight excluding hydrogens is 226 g/mol. The third kappa shape index (κ3) is 2.33. The SMILES string of the molecule is Cc1cc(C(O)C2CCOC2C)c(F)cc1F. The van der Waals surface area contributed by atoms with Crippen molar-refractivity contribution < 1.29 is 18.6 Å². The molecule has 0 bridgehead atoms. The van der Waals surface area contributed by atoms with Crippen molar-refractivity contribution in [2.75, 3.05) is 6.61 Å². The maximum Gasteiger partial charge on any atom is 0.131 e. The van der Waals surface area contributed by atoms with Gasteiger partial charge in [0.1, 0.15) is 11.6 Å². The average molecular weight is 242 g/mol. The van der Waals surface area contributed by atoms with Crippen LogP contribution < -0.4 is 0 Å². The highest BCUT2D eigenvalue weighted by molar-refractivity contribution is 5.28. The summed E-state index contributed by atoms with van der Waals surface area (Å²) >= 11 is 0. The summed E-state index contributed by atoms with van der Waals surface area (Å²) in [6, 6.07) is 2.20. The molecule has 1 aromatic rings. The van der Waals surface area contributed by atoms with Crippen LogP contribution in [0, 0.1) is 24.5 Å². The molecule has 0 spiro atoms. The number of aryl methyl sites for hydroxylation is 1. The Kier molecular flexibility index (Phi) is 3.45. The minimum absolute atomic E-state index is 0.102. The van der Waals surface area contributed by atoms with Gasteiger partial charge in [-0.1, -0.05) is 0 Å². The molecule has 1 aromatic carbocycles. The number of benzene rings is 1. The van der Waals surface area contributed by atoms with Gasteiger partial charge in [0, 0.05) is 24.2 Å². The van der Waals surface area contributed by atoms with Crippen molar-refractivity contribution in [3.8, 4) is 0 Å². The molecule has 2 nitrogen and oxygen atoms in total. The van der Waals surface area contributed by atoms with Crippen LogP contribution in [-0.4, -0.2) is 17.8 Å². The number of halogens is 2. The second-order valence-corrected chi connectivity index (χ2v) is 4.60. The number of ether oxygens (including phenoxy) is 1. The van der Waals surface area contributed by atoms with Crippen LogP contribution in [0.25, 0.3) is 0 Å². The lowest BCUT2D eigenvalue weighted by Gasteiger charge is -2.22. The lowest BCUT2D eigenvalue weighted by atomic mass is 9.90. The highest BCUT2D eigenvalue weighted by Crippen LogP contribution is 2.34. The molecule has 2 rings (SSSR count). The maximum absolute atomic E-state index is 13.6. The van der Waals surface area contributed by atoms with E-state index in [4.69, 9.17) is 4.74 Å². The summed E-state index contributed by atoms with van der Waals surface area (Å²) in [5, 5.41) is 10.1. The first kappa shape index (κ1) is 12.5. The van der Waals surface area contributed by atoms with Gasteiger partial charge in [0.05, 0.1) is 12.2 Å². The van der Waals surface area contributed by atoms with E-state index in [9.17, 15) is 13.9 Å². The quantitative estimate of drug-likeness (QED) is 0.864. The summed E-state index contributed by atoms with van der Waals surface area (Å²) in [6.07, 6.45) is -0.348. The molecule has 0 amide bonds. The van der Waals surface area contributed by atoms with E-state index in [0.29, 0.717) is 18.6 Å². The van der Waals surface area contributed by atoms with Crippen LogP contribution in [0.1, 0.15) is 30.6 Å². The molecule has 1 saturated heterocycles. The fraction of sp³-hybridized carbons (Fsp3) is 0.538. The molecule has 1 N–H and O–H groups in total. The lowest BCUT2D eigenvalue weighted by Crippen LogP contribution is -2.21. The van der Waals surface area contributed by atoms with Gasteiger partial charge in [-0.05, 0) is 31.9 Å². The number of hydrogen-bond donors (Lipinski definition) is 1. The Bertz CT molecular complexity index is 420. The standard InChI is InChI=1S/C13H16F2O2/c1-7-5-10(12(15)6-11(7)14)13(16)9-3-4-17-8(9)2/h5-6,8-9,13,16H,3-4H2,1-2H3. The van der Waals surface area contributed by atoms with Gasteiger partial charge < -0.3 is 9.84 Å². The second kappa shape index (κ2) is 4.70. The van der Waals surface area contributed by atoms with Gasteiger partial charge in [0.2, 0.25) is 0 Å². The minimum Gasteiger partial charge on any atom is -0.388 e. The van der Waals surface area contributed by atoms with Gasteiger partial charge in [-0.3, -0.25) is 0 Å². The maximum atomic E-state index is 13.6. The molecule has 1 heterocycles. The zero-order valence-corrected chi connectivity index (χ0v) is 9.91. The molecule has 0 aliphatic carbocycles. The Balaban J connectivity index is 2.30. The van der Waals surface area contributed by atoms with Crippen molar-refractivity contribution in [1.82, 2.24) is 0 Å². The Labute approximate surface area is 99.2 Å². The fourth-order valence-corrected chi connectivity index (χ4v) is 2.30. The van der Waals surface area contributed by atoms with Crippen molar-refractivity contribution in [3.05, 3.63) is 34.9 Å². The van der Waals surface area contributed by atoms with Crippen LogP contribution >= 0.6 is 0 Å². The number of aliphatic hydroxyl groups is 1. The van der Waals surface area contributed by atoms with Crippen molar-refractivity contribution >= 4 is 0 Å². The molecule has 4 heteroatoms. The molecule has 3 atom stereocenters. The van der Waals surface area contributed by atoms with Crippen LogP contribution in [-0.2, 0) is 4.74 Å². The van der Waals surface area contributed by atoms with Crippen LogP contribution in [0.2, 0.25) is 0 Å². The summed E-state index contributed by atoms with van der Waals surface area (Å²) in [4.78, 5) is 0. The van der Waals surface area contributed by atoms with Gasteiger partial charge in [0.15, 0.2) is 0 Å². The lowest BCUT2D eigenvalue weighted by molar-refractivity contribution is 0.0414. The fourth-order valence-electron chi connectivity index (χ4n) is 2.30. The zero-order valence-electron chi connectivity index (χ0n) is 9.91. The zero-order chi connectivity index (χ0) is 12.6. The minimum atomic E-state index is -0.938. The van der Waals surface area contributed by atoms with Gasteiger partial charge in [-0.2, -0.15) is 0 Å². The van der Waals surface area contributed by atoms with Gasteiger partial charge >= 0.3 is 0 Å². The predicted molar refractivity (Wildman–Crippen MR) is 59.6 cm³/mol. The molecule has 0 saturated carbocycles. The molecular formula is C13H16F2O2. The smallest absolute Gasteiger partial charge is 0.131 e. The van der Waals surface area contributed by atoms with E-state index in [1.807, 2.05) is 6.92 Å². The summed E-state index contributed by atoms with van der Waals surface area (Å²) in [6.45, 7) is 3.99. The molecule has 17 heavy (non-hydrogen) atoms. The highest BCUT2D eigenvalue weighted by atomic mass is 19.1. The Morgan fingerprint density at radius 3 is 2.65 bits per heavy atom.